The molecule has 0 amide bonds. The van der Waals surface area contributed by atoms with Crippen LogP contribution >= 0.6 is 11.3 Å². The van der Waals surface area contributed by atoms with Crippen LogP contribution in [0.4, 0.5) is 0 Å². The van der Waals surface area contributed by atoms with Crippen LogP contribution in [0.2, 0.25) is 0 Å². The van der Waals surface area contributed by atoms with E-state index < -0.39 is 0 Å². The van der Waals surface area contributed by atoms with Gasteiger partial charge in [0.15, 0.2) is 16.5 Å². The fraction of sp³-hybridized carbons (Fsp3) is 0.182. The summed E-state index contributed by atoms with van der Waals surface area (Å²) in [6, 6.07) is 14.1. The number of thiazole rings is 1. The molecular weight excluding hydrogens is 386 g/mol. The van der Waals surface area contributed by atoms with Crippen molar-refractivity contribution in [2.75, 3.05) is 13.9 Å². The molecule has 2 aromatic heterocycles. The number of methoxy groups -OCH3 is 1. The molecule has 0 aliphatic carbocycles. The van der Waals surface area contributed by atoms with Crippen LogP contribution in [0.3, 0.4) is 0 Å². The summed E-state index contributed by atoms with van der Waals surface area (Å²) >= 11 is 1.56. The summed E-state index contributed by atoms with van der Waals surface area (Å²) in [6.07, 6.45) is 0.254. The minimum absolute atomic E-state index is 0.225. The van der Waals surface area contributed by atoms with Crippen molar-refractivity contribution < 1.29 is 14.2 Å². The highest BCUT2D eigenvalue weighted by atomic mass is 32.1. The van der Waals surface area contributed by atoms with Crippen molar-refractivity contribution in [2.24, 2.45) is 0 Å². The van der Waals surface area contributed by atoms with Gasteiger partial charge in [0.25, 0.3) is 0 Å². The zero-order valence-corrected chi connectivity index (χ0v) is 16.7. The van der Waals surface area contributed by atoms with Crippen LogP contribution in [-0.2, 0) is 6.42 Å². The number of nitriles is 1. The highest BCUT2D eigenvalue weighted by Crippen LogP contribution is 2.39. The van der Waals surface area contributed by atoms with Crippen LogP contribution in [0.25, 0.3) is 27.5 Å². The first kappa shape index (κ1) is 17.6. The van der Waals surface area contributed by atoms with Gasteiger partial charge in [0, 0.05) is 10.9 Å². The lowest BCUT2D eigenvalue weighted by atomic mass is 10.1. The monoisotopic (exact) mass is 403 g/mol. The van der Waals surface area contributed by atoms with Crippen molar-refractivity contribution in [1.29, 1.82) is 5.26 Å². The Labute approximate surface area is 171 Å². The van der Waals surface area contributed by atoms with Crippen molar-refractivity contribution in [3.8, 4) is 45.8 Å². The number of hydrogen-bond acceptors (Lipinski definition) is 6. The number of fused-ring (bicyclic) bond motifs is 2. The van der Waals surface area contributed by atoms with Gasteiger partial charge < -0.3 is 14.2 Å². The summed E-state index contributed by atoms with van der Waals surface area (Å²) in [5.74, 6) is 2.28. The van der Waals surface area contributed by atoms with Crippen molar-refractivity contribution in [1.82, 2.24) is 9.38 Å². The molecule has 0 bridgehead atoms. The van der Waals surface area contributed by atoms with Crippen LogP contribution < -0.4 is 14.2 Å². The molecule has 4 aromatic rings. The van der Waals surface area contributed by atoms with E-state index in [-0.39, 0.29) is 13.2 Å². The molecule has 0 saturated heterocycles. The van der Waals surface area contributed by atoms with Crippen molar-refractivity contribution in [3.63, 3.8) is 0 Å². The molecular formula is C22H17N3O3S. The molecule has 0 radical (unpaired) electrons. The first-order valence-corrected chi connectivity index (χ1v) is 9.98. The lowest BCUT2D eigenvalue weighted by molar-refractivity contribution is 0.174. The highest BCUT2D eigenvalue weighted by Gasteiger charge is 2.21. The number of benzene rings is 2. The van der Waals surface area contributed by atoms with E-state index in [9.17, 15) is 5.26 Å². The second-order valence-corrected chi connectivity index (χ2v) is 7.57. The van der Waals surface area contributed by atoms with E-state index in [0.29, 0.717) is 5.75 Å². The Kier molecular flexibility index (Phi) is 4.14. The van der Waals surface area contributed by atoms with Crippen LogP contribution in [-0.4, -0.2) is 23.3 Å². The van der Waals surface area contributed by atoms with Crippen molar-refractivity contribution >= 4 is 16.3 Å². The first-order valence-electron chi connectivity index (χ1n) is 9.10. The number of rotatable bonds is 4. The molecule has 6 nitrogen and oxygen atoms in total. The first-order chi connectivity index (χ1) is 14.2. The predicted octanol–water partition coefficient (Wildman–Crippen LogP) is 4.84. The maximum atomic E-state index is 9.49. The molecule has 0 N–H and O–H groups in total. The molecule has 7 heteroatoms. The maximum Gasteiger partial charge on any atom is 0.231 e. The van der Waals surface area contributed by atoms with Crippen LogP contribution in [0.15, 0.2) is 41.8 Å². The van der Waals surface area contributed by atoms with Crippen LogP contribution in [0.5, 0.6) is 17.2 Å². The van der Waals surface area contributed by atoms with E-state index >= 15 is 0 Å². The van der Waals surface area contributed by atoms with E-state index in [2.05, 4.69) is 21.9 Å². The summed E-state index contributed by atoms with van der Waals surface area (Å²) in [6.45, 7) is 2.25. The number of nitrogens with zero attached hydrogens (tertiary/aromatic N) is 3. The number of hydrogen-bond donors (Lipinski definition) is 0. The van der Waals surface area contributed by atoms with Gasteiger partial charge in [-0.1, -0.05) is 0 Å². The smallest absolute Gasteiger partial charge is 0.231 e. The maximum absolute atomic E-state index is 9.49. The number of ether oxygens (including phenoxy) is 3. The Morgan fingerprint density at radius 2 is 2.00 bits per heavy atom. The molecule has 144 valence electrons. The van der Waals surface area contributed by atoms with Gasteiger partial charge in [-0.05, 0) is 54.4 Å². The van der Waals surface area contributed by atoms with Crippen molar-refractivity contribution in [3.05, 3.63) is 53.0 Å². The van der Waals surface area contributed by atoms with Gasteiger partial charge in [-0.2, -0.15) is 5.26 Å². The lowest BCUT2D eigenvalue weighted by Gasteiger charge is -2.08. The van der Waals surface area contributed by atoms with Gasteiger partial charge in [-0.3, -0.25) is 4.40 Å². The van der Waals surface area contributed by atoms with E-state index in [1.807, 2.05) is 37.3 Å². The Hall–Kier alpha value is -3.50. The topological polar surface area (TPSA) is 68.8 Å². The molecule has 0 fully saturated rings. The second kappa shape index (κ2) is 6.83. The highest BCUT2D eigenvalue weighted by molar-refractivity contribution is 7.15. The van der Waals surface area contributed by atoms with Gasteiger partial charge >= 0.3 is 0 Å². The average Bonchev–Trinajstić information content (AvgIpc) is 3.43. The summed E-state index contributed by atoms with van der Waals surface area (Å²) in [4.78, 5) is 5.69. The average molecular weight is 403 g/mol. The fourth-order valence-electron chi connectivity index (χ4n) is 3.67. The van der Waals surface area contributed by atoms with E-state index in [4.69, 9.17) is 19.2 Å². The van der Waals surface area contributed by atoms with Gasteiger partial charge in [0.1, 0.15) is 5.75 Å². The summed E-state index contributed by atoms with van der Waals surface area (Å²) in [5, 5.41) is 11.6. The zero-order valence-electron chi connectivity index (χ0n) is 15.9. The van der Waals surface area contributed by atoms with Crippen LogP contribution in [0.1, 0.15) is 11.3 Å². The predicted molar refractivity (Wildman–Crippen MR) is 111 cm³/mol. The fourth-order valence-corrected chi connectivity index (χ4v) is 4.58. The molecule has 2 aromatic carbocycles. The standard InChI is InChI=1S/C22H17N3O3S/c1-13-9-14(3-5-18(13)26-2)17-11-29-22-24-21(16(7-8-23)25(17)22)15-4-6-19-20(10-15)28-12-27-19/h3-6,9-11H,7,12H2,1-2H3. The molecule has 3 heterocycles. The summed E-state index contributed by atoms with van der Waals surface area (Å²) in [5.41, 5.74) is 5.70. The molecule has 1 aliphatic rings. The Bertz CT molecular complexity index is 1280. The Balaban J connectivity index is 1.69. The van der Waals surface area contributed by atoms with Crippen LogP contribution in [0, 0.1) is 18.3 Å². The van der Waals surface area contributed by atoms with Crippen molar-refractivity contribution in [2.45, 2.75) is 13.3 Å². The third kappa shape index (κ3) is 2.80. The molecule has 29 heavy (non-hydrogen) atoms. The molecule has 1 aliphatic heterocycles. The molecule has 5 rings (SSSR count). The summed E-state index contributed by atoms with van der Waals surface area (Å²) in [7, 11) is 1.67. The van der Waals surface area contributed by atoms with E-state index in [0.717, 1.165) is 50.2 Å². The number of aromatic nitrogens is 2. The SMILES string of the molecule is COc1ccc(-c2csc3nc(-c4ccc5c(c4)OCO5)c(CC#N)n23)cc1C. The third-order valence-electron chi connectivity index (χ3n) is 5.04. The molecule has 0 atom stereocenters. The second-order valence-electron chi connectivity index (χ2n) is 6.73. The zero-order chi connectivity index (χ0) is 20.0. The molecule has 0 spiro atoms. The molecule has 0 unspecified atom stereocenters. The van der Waals surface area contributed by atoms with E-state index in [1.54, 1.807) is 18.4 Å². The lowest BCUT2D eigenvalue weighted by Crippen LogP contribution is -1.96. The van der Waals surface area contributed by atoms with Gasteiger partial charge in [-0.15, -0.1) is 11.3 Å². The normalized spacial score (nSPS) is 12.3. The van der Waals surface area contributed by atoms with Gasteiger partial charge in [0.05, 0.1) is 36.7 Å². The Morgan fingerprint density at radius 1 is 1.17 bits per heavy atom. The number of aryl methyl sites for hydroxylation is 1. The molecule has 0 saturated carbocycles. The third-order valence-corrected chi connectivity index (χ3v) is 5.87. The van der Waals surface area contributed by atoms with Gasteiger partial charge in [0.2, 0.25) is 6.79 Å². The van der Waals surface area contributed by atoms with Gasteiger partial charge in [-0.25, -0.2) is 4.98 Å². The minimum Gasteiger partial charge on any atom is -0.496 e. The number of imidazole rings is 1. The Morgan fingerprint density at radius 3 is 2.79 bits per heavy atom. The quantitative estimate of drug-likeness (QED) is 0.488. The minimum atomic E-state index is 0.225. The van der Waals surface area contributed by atoms with E-state index in [1.165, 1.54) is 0 Å². The summed E-state index contributed by atoms with van der Waals surface area (Å²) < 4.78 is 18.4. The largest absolute Gasteiger partial charge is 0.496 e.